The fourth-order valence-electron chi connectivity index (χ4n) is 3.21. The molecule has 0 bridgehead atoms. The van der Waals surface area contributed by atoms with E-state index in [2.05, 4.69) is 43.4 Å². The Morgan fingerprint density at radius 1 is 1.15 bits per heavy atom. The molecule has 1 atom stereocenters. The Labute approximate surface area is 119 Å². The summed E-state index contributed by atoms with van der Waals surface area (Å²) in [6.45, 7) is 6.51. The lowest BCUT2D eigenvalue weighted by atomic mass is 9.85. The lowest BCUT2D eigenvalue weighted by molar-refractivity contribution is 0.337. The fraction of sp³-hybridized carbons (Fsp3) is 0.333. The summed E-state index contributed by atoms with van der Waals surface area (Å²) in [6.07, 6.45) is 1.07. The van der Waals surface area contributed by atoms with Gasteiger partial charge >= 0.3 is 0 Å². The number of hydrogen-bond donors (Lipinski definition) is 1. The van der Waals surface area contributed by atoms with Crippen LogP contribution in [0.2, 0.25) is 0 Å². The van der Waals surface area contributed by atoms with Crippen molar-refractivity contribution in [3.63, 3.8) is 0 Å². The molecule has 104 valence electrons. The molecule has 0 saturated heterocycles. The van der Waals surface area contributed by atoms with E-state index in [0.29, 0.717) is 0 Å². The predicted molar refractivity (Wildman–Crippen MR) is 81.4 cm³/mol. The lowest BCUT2D eigenvalue weighted by Crippen LogP contribution is -2.24. The molecule has 0 fully saturated rings. The molecule has 1 aliphatic rings. The third kappa shape index (κ3) is 2.20. The molecule has 0 spiro atoms. The minimum absolute atomic E-state index is 0.157. The van der Waals surface area contributed by atoms with Crippen LogP contribution in [0.1, 0.15) is 36.6 Å². The maximum Gasteiger partial charge on any atom is 0.123 e. The van der Waals surface area contributed by atoms with Gasteiger partial charge in [-0.05, 0) is 53.6 Å². The Morgan fingerprint density at radius 2 is 1.90 bits per heavy atom. The highest BCUT2D eigenvalue weighted by Gasteiger charge is 2.38. The maximum absolute atomic E-state index is 13.2. The van der Waals surface area contributed by atoms with Crippen LogP contribution in [0.4, 0.5) is 10.1 Å². The highest BCUT2D eigenvalue weighted by Crippen LogP contribution is 2.47. The van der Waals surface area contributed by atoms with Gasteiger partial charge in [0.25, 0.3) is 0 Å². The Kier molecular flexibility index (Phi) is 3.04. The summed E-state index contributed by atoms with van der Waals surface area (Å²) in [7, 11) is 0. The summed E-state index contributed by atoms with van der Waals surface area (Å²) in [5, 5.41) is 3.62. The van der Waals surface area contributed by atoms with Crippen LogP contribution in [0.3, 0.4) is 0 Å². The standard InChI is InChI=1S/C18H20FN/c1-12-10-14(19)8-9-16(12)20-17-15-7-5-4-6-13(15)11-18(17,2)3/h4-10,17,20H,11H2,1-3H3. The van der Waals surface area contributed by atoms with E-state index in [9.17, 15) is 4.39 Å². The summed E-state index contributed by atoms with van der Waals surface area (Å²) >= 11 is 0. The third-order valence-electron chi connectivity index (χ3n) is 4.28. The first kappa shape index (κ1) is 13.2. The normalized spacial score (nSPS) is 19.7. The highest BCUT2D eigenvalue weighted by molar-refractivity contribution is 5.54. The smallest absolute Gasteiger partial charge is 0.123 e. The lowest BCUT2D eigenvalue weighted by Gasteiger charge is -2.30. The summed E-state index contributed by atoms with van der Waals surface area (Å²) in [5.41, 5.74) is 4.90. The maximum atomic E-state index is 13.2. The molecule has 2 heteroatoms. The highest BCUT2D eigenvalue weighted by atomic mass is 19.1. The Bertz CT molecular complexity index is 646. The number of benzene rings is 2. The number of halogens is 1. The van der Waals surface area contributed by atoms with E-state index in [-0.39, 0.29) is 17.3 Å². The zero-order valence-electron chi connectivity index (χ0n) is 12.2. The number of hydrogen-bond acceptors (Lipinski definition) is 1. The summed E-state index contributed by atoms with van der Waals surface area (Å²) < 4.78 is 13.2. The Morgan fingerprint density at radius 3 is 2.65 bits per heavy atom. The van der Waals surface area contributed by atoms with Crippen molar-refractivity contribution in [3.8, 4) is 0 Å². The van der Waals surface area contributed by atoms with Crippen molar-refractivity contribution in [1.29, 1.82) is 0 Å². The van der Waals surface area contributed by atoms with E-state index in [1.165, 1.54) is 17.2 Å². The average molecular weight is 269 g/mol. The van der Waals surface area contributed by atoms with Gasteiger partial charge in [0.05, 0.1) is 6.04 Å². The molecule has 0 heterocycles. The van der Waals surface area contributed by atoms with Gasteiger partial charge in [0.1, 0.15) is 5.82 Å². The molecule has 0 aromatic heterocycles. The summed E-state index contributed by atoms with van der Waals surface area (Å²) in [4.78, 5) is 0. The van der Waals surface area contributed by atoms with Crippen LogP contribution in [0.15, 0.2) is 42.5 Å². The van der Waals surface area contributed by atoms with Crippen LogP contribution in [0, 0.1) is 18.2 Å². The molecule has 1 nitrogen and oxygen atoms in total. The van der Waals surface area contributed by atoms with Crippen LogP contribution >= 0.6 is 0 Å². The topological polar surface area (TPSA) is 12.0 Å². The van der Waals surface area contributed by atoms with Crippen molar-refractivity contribution in [2.24, 2.45) is 5.41 Å². The van der Waals surface area contributed by atoms with Gasteiger partial charge in [-0.15, -0.1) is 0 Å². The molecule has 2 aromatic rings. The zero-order chi connectivity index (χ0) is 14.3. The molecule has 1 unspecified atom stereocenters. The number of fused-ring (bicyclic) bond motifs is 1. The molecule has 3 rings (SSSR count). The first-order valence-corrected chi connectivity index (χ1v) is 7.08. The molecule has 2 aromatic carbocycles. The number of nitrogens with one attached hydrogen (secondary N) is 1. The van der Waals surface area contributed by atoms with Crippen molar-refractivity contribution in [2.75, 3.05) is 5.32 Å². The van der Waals surface area contributed by atoms with Gasteiger partial charge in [-0.2, -0.15) is 0 Å². The van der Waals surface area contributed by atoms with Crippen molar-refractivity contribution >= 4 is 5.69 Å². The average Bonchev–Trinajstić information content (AvgIpc) is 2.63. The second-order valence-electron chi connectivity index (χ2n) is 6.40. The van der Waals surface area contributed by atoms with E-state index in [0.717, 1.165) is 17.7 Å². The largest absolute Gasteiger partial charge is 0.377 e. The first-order chi connectivity index (χ1) is 9.47. The second-order valence-corrected chi connectivity index (χ2v) is 6.40. The van der Waals surface area contributed by atoms with Crippen LogP contribution < -0.4 is 5.32 Å². The minimum Gasteiger partial charge on any atom is -0.377 e. The second kappa shape index (κ2) is 4.62. The Balaban J connectivity index is 1.97. The van der Waals surface area contributed by atoms with Gasteiger partial charge in [0.15, 0.2) is 0 Å². The van der Waals surface area contributed by atoms with E-state index < -0.39 is 0 Å². The Hall–Kier alpha value is -1.83. The minimum atomic E-state index is -0.181. The zero-order valence-corrected chi connectivity index (χ0v) is 12.2. The van der Waals surface area contributed by atoms with Crippen LogP contribution in [0.25, 0.3) is 0 Å². The molecule has 0 saturated carbocycles. The fourth-order valence-corrected chi connectivity index (χ4v) is 3.21. The van der Waals surface area contributed by atoms with Gasteiger partial charge in [-0.1, -0.05) is 38.1 Å². The predicted octanol–water partition coefficient (Wildman–Crippen LogP) is 4.87. The molecular formula is C18H20FN. The SMILES string of the molecule is Cc1cc(F)ccc1NC1c2ccccc2CC1(C)C. The van der Waals surface area contributed by atoms with Gasteiger partial charge in [0, 0.05) is 5.69 Å². The van der Waals surface area contributed by atoms with Crippen molar-refractivity contribution in [2.45, 2.75) is 33.2 Å². The summed E-state index contributed by atoms with van der Waals surface area (Å²) in [5.74, 6) is -0.181. The van der Waals surface area contributed by atoms with Gasteiger partial charge < -0.3 is 5.32 Å². The molecule has 1 aliphatic carbocycles. The van der Waals surface area contributed by atoms with Crippen molar-refractivity contribution in [3.05, 3.63) is 65.0 Å². The van der Waals surface area contributed by atoms with Crippen molar-refractivity contribution in [1.82, 2.24) is 0 Å². The van der Waals surface area contributed by atoms with E-state index in [4.69, 9.17) is 0 Å². The van der Waals surface area contributed by atoms with Crippen LogP contribution in [0.5, 0.6) is 0 Å². The van der Waals surface area contributed by atoms with E-state index in [1.807, 2.05) is 13.0 Å². The molecule has 0 aliphatic heterocycles. The van der Waals surface area contributed by atoms with E-state index in [1.54, 1.807) is 6.07 Å². The number of rotatable bonds is 2. The van der Waals surface area contributed by atoms with Crippen LogP contribution in [-0.4, -0.2) is 0 Å². The molecule has 20 heavy (non-hydrogen) atoms. The molecule has 0 amide bonds. The molecular weight excluding hydrogens is 249 g/mol. The van der Waals surface area contributed by atoms with Crippen LogP contribution in [-0.2, 0) is 6.42 Å². The van der Waals surface area contributed by atoms with Gasteiger partial charge in [-0.3, -0.25) is 0 Å². The quantitative estimate of drug-likeness (QED) is 0.820. The number of anilines is 1. The molecule has 0 radical (unpaired) electrons. The van der Waals surface area contributed by atoms with Gasteiger partial charge in [0.2, 0.25) is 0 Å². The molecule has 1 N–H and O–H groups in total. The van der Waals surface area contributed by atoms with E-state index >= 15 is 0 Å². The van der Waals surface area contributed by atoms with Crippen molar-refractivity contribution < 1.29 is 4.39 Å². The monoisotopic (exact) mass is 269 g/mol. The number of aryl methyl sites for hydroxylation is 1. The van der Waals surface area contributed by atoms with Gasteiger partial charge in [-0.25, -0.2) is 4.39 Å². The first-order valence-electron chi connectivity index (χ1n) is 7.08. The third-order valence-corrected chi connectivity index (χ3v) is 4.28. The summed E-state index contributed by atoms with van der Waals surface area (Å²) in [6, 6.07) is 13.8.